The molecule has 1 aliphatic carbocycles. The van der Waals surface area contributed by atoms with Crippen molar-refractivity contribution in [2.45, 2.75) is 44.9 Å². The van der Waals surface area contributed by atoms with Gasteiger partial charge in [-0.1, -0.05) is 13.8 Å². The first-order valence-electron chi connectivity index (χ1n) is 7.56. The molecule has 1 saturated carbocycles. The Hall–Kier alpha value is -1.36. The average molecular weight is 307 g/mol. The number of thiophene rings is 1. The third-order valence-corrected chi connectivity index (χ3v) is 5.77. The summed E-state index contributed by atoms with van der Waals surface area (Å²) in [4.78, 5) is 28.1. The zero-order chi connectivity index (χ0) is 15.2. The van der Waals surface area contributed by atoms with Crippen molar-refractivity contribution in [1.29, 1.82) is 0 Å². The van der Waals surface area contributed by atoms with Crippen LogP contribution in [0, 0.1) is 0 Å². The Bertz CT molecular complexity index is 586. The molecule has 3 rings (SSSR count). The molecule has 0 radical (unpaired) electrons. The lowest BCUT2D eigenvalue weighted by molar-refractivity contribution is -0.143. The van der Waals surface area contributed by atoms with Gasteiger partial charge in [-0.2, -0.15) is 0 Å². The number of amides is 1. The summed E-state index contributed by atoms with van der Waals surface area (Å²) in [5, 5.41) is 0. The summed E-state index contributed by atoms with van der Waals surface area (Å²) >= 11 is 1.59. The highest BCUT2D eigenvalue weighted by atomic mass is 32.1. The number of rotatable bonds is 4. The molecule has 2 aliphatic rings. The van der Waals surface area contributed by atoms with Crippen molar-refractivity contribution < 1.29 is 14.3 Å². The molecular formula is C16H21NO3S. The molecule has 0 saturated heterocycles. The minimum absolute atomic E-state index is 0.00696. The summed E-state index contributed by atoms with van der Waals surface area (Å²) in [5.41, 5.74) is 1.33. The van der Waals surface area contributed by atoms with Crippen molar-refractivity contribution in [1.82, 2.24) is 4.90 Å². The highest BCUT2D eigenvalue weighted by molar-refractivity contribution is 7.14. The molecule has 1 aromatic rings. The Labute approximate surface area is 129 Å². The molecule has 114 valence electrons. The number of hydrogen-bond donors (Lipinski definition) is 0. The lowest BCUT2D eigenvalue weighted by Crippen LogP contribution is -2.45. The molecule has 1 spiro atoms. The van der Waals surface area contributed by atoms with Crippen LogP contribution in [0.5, 0.6) is 0 Å². The van der Waals surface area contributed by atoms with E-state index in [0.29, 0.717) is 19.1 Å². The molecule has 4 nitrogen and oxygen atoms in total. The van der Waals surface area contributed by atoms with Crippen LogP contribution in [-0.2, 0) is 14.9 Å². The summed E-state index contributed by atoms with van der Waals surface area (Å²) in [6, 6.07) is 2.22. The van der Waals surface area contributed by atoms with E-state index >= 15 is 0 Å². The highest BCUT2D eigenvalue weighted by Gasteiger charge is 2.52. The van der Waals surface area contributed by atoms with Crippen LogP contribution in [0.1, 0.15) is 59.6 Å². The molecule has 5 heteroatoms. The van der Waals surface area contributed by atoms with Crippen LogP contribution in [0.2, 0.25) is 0 Å². The van der Waals surface area contributed by atoms with Crippen LogP contribution < -0.4 is 0 Å². The van der Waals surface area contributed by atoms with E-state index < -0.39 is 0 Å². The van der Waals surface area contributed by atoms with Crippen molar-refractivity contribution in [3.63, 3.8) is 0 Å². The number of nitrogens with zero attached hydrogens (tertiary/aromatic N) is 1. The van der Waals surface area contributed by atoms with E-state index in [1.807, 2.05) is 0 Å². The summed E-state index contributed by atoms with van der Waals surface area (Å²) in [7, 11) is 0. The standard InChI is InChI=1S/C16H21NO3S/c1-4-20-13(18)8-17-9-16(5-6-16)11-7-12(10(2)3)21-14(11)15(17)19/h7,10H,4-6,8-9H2,1-3H3. The SMILES string of the molecule is CCOC(=O)CN1CC2(CC2)c2cc(C(C)C)sc2C1=O. The van der Waals surface area contributed by atoms with E-state index in [0.717, 1.165) is 17.7 Å². The van der Waals surface area contributed by atoms with Gasteiger partial charge in [0.1, 0.15) is 6.54 Å². The van der Waals surface area contributed by atoms with Crippen molar-refractivity contribution in [3.05, 3.63) is 21.4 Å². The lowest BCUT2D eigenvalue weighted by atomic mass is 9.91. The number of carbonyl (C=O) groups is 2. The molecule has 1 aromatic heterocycles. The fourth-order valence-electron chi connectivity index (χ4n) is 2.98. The van der Waals surface area contributed by atoms with E-state index in [2.05, 4.69) is 19.9 Å². The molecule has 0 bridgehead atoms. The average Bonchev–Trinajstić information content (AvgIpc) is 3.02. The second kappa shape index (κ2) is 5.13. The van der Waals surface area contributed by atoms with Crippen molar-refractivity contribution in [2.24, 2.45) is 0 Å². The van der Waals surface area contributed by atoms with Crippen molar-refractivity contribution in [3.8, 4) is 0 Å². The summed E-state index contributed by atoms with van der Waals surface area (Å²) in [6.07, 6.45) is 2.22. The third kappa shape index (κ3) is 2.48. The van der Waals surface area contributed by atoms with Crippen LogP contribution in [0.25, 0.3) is 0 Å². The number of hydrogen-bond acceptors (Lipinski definition) is 4. The van der Waals surface area contributed by atoms with Crippen LogP contribution in [0.4, 0.5) is 0 Å². The van der Waals surface area contributed by atoms with Crippen LogP contribution >= 0.6 is 11.3 Å². The normalized spacial score (nSPS) is 19.0. The van der Waals surface area contributed by atoms with Gasteiger partial charge in [-0.05, 0) is 37.3 Å². The van der Waals surface area contributed by atoms with Gasteiger partial charge < -0.3 is 9.64 Å². The van der Waals surface area contributed by atoms with Crippen LogP contribution in [0.3, 0.4) is 0 Å². The van der Waals surface area contributed by atoms with Crippen LogP contribution in [0.15, 0.2) is 6.07 Å². The van der Waals surface area contributed by atoms with Gasteiger partial charge >= 0.3 is 5.97 Å². The maximum absolute atomic E-state index is 12.6. The maximum atomic E-state index is 12.6. The first-order valence-corrected chi connectivity index (χ1v) is 8.37. The molecule has 2 heterocycles. The predicted octanol–water partition coefficient (Wildman–Crippen LogP) is 2.92. The van der Waals surface area contributed by atoms with Gasteiger partial charge in [-0.15, -0.1) is 11.3 Å². The molecular weight excluding hydrogens is 286 g/mol. The van der Waals surface area contributed by atoms with E-state index in [1.54, 1.807) is 23.2 Å². The fourth-order valence-corrected chi connectivity index (χ4v) is 4.23. The number of ether oxygens (including phenoxy) is 1. The molecule has 1 fully saturated rings. The Kier molecular flexibility index (Phi) is 3.56. The second-order valence-corrected chi connectivity index (χ2v) is 7.38. The van der Waals surface area contributed by atoms with E-state index in [9.17, 15) is 9.59 Å². The smallest absolute Gasteiger partial charge is 0.325 e. The minimum atomic E-state index is -0.314. The molecule has 0 aromatic carbocycles. The van der Waals surface area contributed by atoms with Gasteiger partial charge in [0.25, 0.3) is 5.91 Å². The molecule has 21 heavy (non-hydrogen) atoms. The fraction of sp³-hybridized carbons (Fsp3) is 0.625. The molecule has 1 amide bonds. The number of fused-ring (bicyclic) bond motifs is 2. The topological polar surface area (TPSA) is 46.6 Å². The molecule has 0 N–H and O–H groups in total. The van der Waals surface area contributed by atoms with Crippen LogP contribution in [-0.4, -0.2) is 36.5 Å². The first-order chi connectivity index (χ1) is 9.97. The maximum Gasteiger partial charge on any atom is 0.325 e. The molecule has 0 atom stereocenters. The van der Waals surface area contributed by atoms with Crippen molar-refractivity contribution >= 4 is 23.2 Å². The Morgan fingerprint density at radius 1 is 1.48 bits per heavy atom. The molecule has 1 aliphatic heterocycles. The summed E-state index contributed by atoms with van der Waals surface area (Å²) in [5.74, 6) is 0.112. The number of esters is 1. The largest absolute Gasteiger partial charge is 0.465 e. The minimum Gasteiger partial charge on any atom is -0.465 e. The lowest BCUT2D eigenvalue weighted by Gasteiger charge is -2.32. The zero-order valence-corrected chi connectivity index (χ0v) is 13.6. The molecule has 0 unspecified atom stereocenters. The van der Waals surface area contributed by atoms with Gasteiger partial charge in [0.2, 0.25) is 0 Å². The Balaban J connectivity index is 1.89. The predicted molar refractivity (Wildman–Crippen MR) is 81.9 cm³/mol. The Morgan fingerprint density at radius 2 is 2.19 bits per heavy atom. The monoisotopic (exact) mass is 307 g/mol. The Morgan fingerprint density at radius 3 is 2.76 bits per heavy atom. The second-order valence-electron chi connectivity index (χ2n) is 6.29. The zero-order valence-electron chi connectivity index (χ0n) is 12.8. The highest BCUT2D eigenvalue weighted by Crippen LogP contribution is 2.54. The van der Waals surface area contributed by atoms with Gasteiger partial charge in [-0.3, -0.25) is 9.59 Å². The van der Waals surface area contributed by atoms with E-state index in [-0.39, 0.29) is 23.8 Å². The van der Waals surface area contributed by atoms with Gasteiger partial charge in [0.05, 0.1) is 11.5 Å². The summed E-state index contributed by atoms with van der Waals surface area (Å²) < 4.78 is 4.98. The van der Waals surface area contributed by atoms with Gasteiger partial charge in [0.15, 0.2) is 0 Å². The van der Waals surface area contributed by atoms with E-state index in [1.165, 1.54) is 10.4 Å². The quantitative estimate of drug-likeness (QED) is 0.804. The first kappa shape index (κ1) is 14.6. The third-order valence-electron chi connectivity index (χ3n) is 4.35. The summed E-state index contributed by atoms with van der Waals surface area (Å²) in [6.45, 7) is 7.17. The number of carbonyl (C=O) groups excluding carboxylic acids is 2. The van der Waals surface area contributed by atoms with E-state index in [4.69, 9.17) is 4.74 Å². The van der Waals surface area contributed by atoms with Gasteiger partial charge in [0, 0.05) is 16.8 Å². The van der Waals surface area contributed by atoms with Gasteiger partial charge in [-0.25, -0.2) is 0 Å². The van der Waals surface area contributed by atoms with Crippen molar-refractivity contribution in [2.75, 3.05) is 19.7 Å².